The molecule has 0 aromatic rings. The van der Waals surface area contributed by atoms with E-state index in [1.165, 1.54) is 45.3 Å². The quantitative estimate of drug-likeness (QED) is 0.210. The maximum absolute atomic E-state index is 12.3. The topological polar surface area (TPSA) is 63.2 Å². The molecular formula is C21H43IN6O. The molecular weight excluding hydrogens is 479 g/mol. The van der Waals surface area contributed by atoms with Gasteiger partial charge < -0.3 is 20.4 Å². The van der Waals surface area contributed by atoms with Crippen LogP contribution in [0.2, 0.25) is 0 Å². The van der Waals surface area contributed by atoms with Crippen molar-refractivity contribution in [3.8, 4) is 0 Å². The van der Waals surface area contributed by atoms with Crippen LogP contribution in [-0.2, 0) is 4.79 Å². The van der Waals surface area contributed by atoms with Gasteiger partial charge in [0, 0.05) is 40.8 Å². The Morgan fingerprint density at radius 3 is 2.17 bits per heavy atom. The van der Waals surface area contributed by atoms with E-state index in [2.05, 4.69) is 25.4 Å². The van der Waals surface area contributed by atoms with Crippen LogP contribution in [0, 0.1) is 0 Å². The number of rotatable bonds is 9. The Balaban J connectivity index is 0.00000420. The highest BCUT2D eigenvalue weighted by atomic mass is 127. The molecule has 1 amide bonds. The van der Waals surface area contributed by atoms with E-state index in [4.69, 9.17) is 0 Å². The van der Waals surface area contributed by atoms with Crippen LogP contribution in [0.25, 0.3) is 0 Å². The van der Waals surface area contributed by atoms with Crippen molar-refractivity contribution in [3.63, 3.8) is 0 Å². The monoisotopic (exact) mass is 522 g/mol. The molecule has 1 atom stereocenters. The van der Waals surface area contributed by atoms with E-state index in [-0.39, 0.29) is 35.9 Å². The number of amides is 1. The number of aliphatic imine (C=N–C) groups is 1. The highest BCUT2D eigenvalue weighted by Gasteiger charge is 2.30. The first-order chi connectivity index (χ1) is 13.6. The molecule has 0 bridgehead atoms. The lowest BCUT2D eigenvalue weighted by Crippen LogP contribution is -2.44. The molecule has 170 valence electrons. The second-order valence-corrected chi connectivity index (χ2v) is 8.32. The fourth-order valence-electron chi connectivity index (χ4n) is 4.25. The van der Waals surface area contributed by atoms with E-state index in [0.29, 0.717) is 0 Å². The minimum Gasteiger partial charge on any atom is -0.356 e. The maximum Gasteiger partial charge on any atom is 0.239 e. The van der Waals surface area contributed by atoms with Crippen molar-refractivity contribution >= 4 is 35.8 Å². The molecule has 2 fully saturated rings. The number of hydrogen-bond acceptors (Lipinski definition) is 4. The van der Waals surface area contributed by atoms with E-state index in [0.717, 1.165) is 57.8 Å². The fourth-order valence-corrected chi connectivity index (χ4v) is 4.25. The van der Waals surface area contributed by atoms with Crippen molar-refractivity contribution in [1.29, 1.82) is 0 Å². The molecule has 7 nitrogen and oxygen atoms in total. The predicted molar refractivity (Wildman–Crippen MR) is 132 cm³/mol. The Kier molecular flexibility index (Phi) is 13.9. The van der Waals surface area contributed by atoms with Crippen molar-refractivity contribution in [3.05, 3.63) is 0 Å². The smallest absolute Gasteiger partial charge is 0.239 e. The molecule has 2 heterocycles. The van der Waals surface area contributed by atoms with Crippen molar-refractivity contribution < 1.29 is 4.79 Å². The minimum atomic E-state index is 0. The molecule has 0 aromatic carbocycles. The molecule has 29 heavy (non-hydrogen) atoms. The Hall–Kier alpha value is -0.610. The summed E-state index contributed by atoms with van der Waals surface area (Å²) in [4.78, 5) is 23.2. The fraction of sp³-hybridized carbons (Fsp3) is 0.905. The minimum absolute atomic E-state index is 0. The van der Waals surface area contributed by atoms with E-state index >= 15 is 0 Å². The van der Waals surface area contributed by atoms with Crippen LogP contribution in [0.3, 0.4) is 0 Å². The number of likely N-dealkylation sites (tertiary alicyclic amines) is 2. The van der Waals surface area contributed by atoms with E-state index in [1.54, 1.807) is 4.90 Å². The van der Waals surface area contributed by atoms with Crippen LogP contribution in [0.5, 0.6) is 0 Å². The highest BCUT2D eigenvalue weighted by Crippen LogP contribution is 2.18. The summed E-state index contributed by atoms with van der Waals surface area (Å²) < 4.78 is 0. The zero-order valence-electron chi connectivity index (χ0n) is 18.8. The number of guanidine groups is 1. The van der Waals surface area contributed by atoms with Crippen LogP contribution in [0.15, 0.2) is 4.99 Å². The third-order valence-electron chi connectivity index (χ3n) is 5.87. The van der Waals surface area contributed by atoms with Crippen molar-refractivity contribution in [2.24, 2.45) is 4.99 Å². The van der Waals surface area contributed by atoms with Gasteiger partial charge in [-0.15, -0.1) is 24.0 Å². The van der Waals surface area contributed by atoms with Crippen molar-refractivity contribution in [1.82, 2.24) is 25.3 Å². The molecule has 2 N–H and O–H groups in total. The summed E-state index contributed by atoms with van der Waals surface area (Å²) >= 11 is 0. The SMILES string of the molecule is CN=C(NCCCN1CCCCCC1)NCCCN1CCCC1C(=O)N(C)C.I. The number of likely N-dealkylation sites (N-methyl/N-ethyl adjacent to an activating group) is 1. The highest BCUT2D eigenvalue weighted by molar-refractivity contribution is 14.0. The van der Waals surface area contributed by atoms with E-state index in [1.807, 2.05) is 21.1 Å². The first kappa shape index (κ1) is 26.4. The largest absolute Gasteiger partial charge is 0.356 e. The lowest BCUT2D eigenvalue weighted by atomic mass is 10.2. The number of nitrogens with zero attached hydrogens (tertiary/aromatic N) is 4. The summed E-state index contributed by atoms with van der Waals surface area (Å²) in [5.74, 6) is 1.13. The molecule has 0 saturated carbocycles. The molecule has 0 spiro atoms. The van der Waals surface area contributed by atoms with E-state index in [9.17, 15) is 4.79 Å². The molecule has 8 heteroatoms. The molecule has 2 aliphatic heterocycles. The van der Waals surface area contributed by atoms with Gasteiger partial charge in [-0.25, -0.2) is 0 Å². The first-order valence-electron chi connectivity index (χ1n) is 11.2. The van der Waals surface area contributed by atoms with Crippen molar-refractivity contribution in [2.45, 2.75) is 57.4 Å². The number of carbonyl (C=O) groups excluding carboxylic acids is 1. The second-order valence-electron chi connectivity index (χ2n) is 8.32. The second kappa shape index (κ2) is 15.2. The zero-order valence-corrected chi connectivity index (χ0v) is 21.1. The molecule has 1 unspecified atom stereocenters. The average molecular weight is 523 g/mol. The Morgan fingerprint density at radius 1 is 0.966 bits per heavy atom. The van der Waals surface area contributed by atoms with Gasteiger partial charge in [0.15, 0.2) is 5.96 Å². The summed E-state index contributed by atoms with van der Waals surface area (Å²) in [7, 11) is 5.53. The maximum atomic E-state index is 12.3. The van der Waals surface area contributed by atoms with Gasteiger partial charge in [-0.3, -0.25) is 14.7 Å². The summed E-state index contributed by atoms with van der Waals surface area (Å²) in [5, 5.41) is 6.84. The molecule has 2 saturated heterocycles. The Morgan fingerprint density at radius 2 is 1.59 bits per heavy atom. The van der Waals surface area contributed by atoms with Crippen LogP contribution < -0.4 is 10.6 Å². The van der Waals surface area contributed by atoms with Crippen molar-refractivity contribution in [2.75, 3.05) is 67.0 Å². The Bertz CT molecular complexity index is 480. The normalized spacial score (nSPS) is 21.3. The number of halogens is 1. The molecule has 2 rings (SSSR count). The number of carbonyl (C=O) groups is 1. The third-order valence-corrected chi connectivity index (χ3v) is 5.87. The molecule has 0 aliphatic carbocycles. The van der Waals surface area contributed by atoms with Gasteiger partial charge >= 0.3 is 0 Å². The zero-order chi connectivity index (χ0) is 20.2. The molecule has 0 aromatic heterocycles. The van der Waals surface area contributed by atoms with Gasteiger partial charge in [0.25, 0.3) is 0 Å². The van der Waals surface area contributed by atoms with Gasteiger partial charge in [0.05, 0.1) is 6.04 Å². The lowest BCUT2D eigenvalue weighted by Gasteiger charge is -2.26. The van der Waals surface area contributed by atoms with Gasteiger partial charge in [-0.2, -0.15) is 0 Å². The predicted octanol–water partition coefficient (Wildman–Crippen LogP) is 1.98. The summed E-state index contributed by atoms with van der Waals surface area (Å²) in [5.41, 5.74) is 0. The van der Waals surface area contributed by atoms with Gasteiger partial charge in [-0.1, -0.05) is 12.8 Å². The van der Waals surface area contributed by atoms with Gasteiger partial charge in [0.1, 0.15) is 0 Å². The van der Waals surface area contributed by atoms with Crippen LogP contribution in [-0.4, -0.2) is 99.6 Å². The van der Waals surface area contributed by atoms with Gasteiger partial charge in [0.2, 0.25) is 5.91 Å². The molecule has 0 radical (unpaired) electrons. The Labute approximate surface area is 195 Å². The number of hydrogen-bond donors (Lipinski definition) is 2. The summed E-state index contributed by atoms with van der Waals surface area (Å²) in [6, 6.07) is 0.0754. The lowest BCUT2D eigenvalue weighted by molar-refractivity contribution is -0.133. The number of nitrogens with one attached hydrogen (secondary N) is 2. The van der Waals surface area contributed by atoms with Crippen LogP contribution >= 0.6 is 24.0 Å². The third kappa shape index (κ3) is 9.83. The van der Waals surface area contributed by atoms with Crippen LogP contribution in [0.4, 0.5) is 0 Å². The summed E-state index contributed by atoms with van der Waals surface area (Å²) in [6.07, 6.45) is 9.79. The van der Waals surface area contributed by atoms with E-state index < -0.39 is 0 Å². The first-order valence-corrected chi connectivity index (χ1v) is 11.2. The summed E-state index contributed by atoms with van der Waals surface area (Å²) in [6.45, 7) is 7.55. The average Bonchev–Trinajstić information content (AvgIpc) is 3.00. The van der Waals surface area contributed by atoms with Crippen LogP contribution in [0.1, 0.15) is 51.4 Å². The van der Waals surface area contributed by atoms with Gasteiger partial charge in [-0.05, 0) is 64.7 Å². The molecule has 2 aliphatic rings. The standard InChI is InChI=1S/C21H42N6O.HI/c1-22-21(23-12-9-16-26-14-6-4-5-7-15-26)24-13-10-18-27-17-8-11-19(27)20(28)25(2)3;/h19H,4-18H2,1-3H3,(H2,22,23,24);1H.